The molecule has 3 nitrogen and oxygen atoms in total. The van der Waals surface area contributed by atoms with Crippen molar-refractivity contribution in [3.05, 3.63) is 57.3 Å². The van der Waals surface area contributed by atoms with Crippen LogP contribution in [-0.4, -0.2) is 29.6 Å². The van der Waals surface area contributed by atoms with Crippen LogP contribution in [0.2, 0.25) is 0 Å². The zero-order valence-electron chi connectivity index (χ0n) is 11.8. The third-order valence-corrected chi connectivity index (χ3v) is 4.22. The Balaban J connectivity index is 1.93. The van der Waals surface area contributed by atoms with Crippen molar-refractivity contribution in [2.45, 2.75) is 19.9 Å². The van der Waals surface area contributed by atoms with Gasteiger partial charge in [0.25, 0.3) is 0 Å². The molecule has 0 unspecified atom stereocenters. The van der Waals surface area contributed by atoms with E-state index in [0.717, 1.165) is 25.1 Å². The number of thiophene rings is 1. The highest BCUT2D eigenvalue weighted by Gasteiger charge is 2.10. The van der Waals surface area contributed by atoms with Crippen molar-refractivity contribution < 1.29 is 9.90 Å². The molecule has 106 valence electrons. The van der Waals surface area contributed by atoms with E-state index in [1.54, 1.807) is 12.1 Å². The van der Waals surface area contributed by atoms with Crippen LogP contribution in [0.4, 0.5) is 0 Å². The molecule has 0 bridgehead atoms. The monoisotopic (exact) mass is 289 g/mol. The molecule has 0 atom stereocenters. The normalized spacial score (nSPS) is 10.9. The van der Waals surface area contributed by atoms with Crippen LogP contribution in [0.3, 0.4) is 0 Å². The van der Waals surface area contributed by atoms with E-state index in [1.807, 2.05) is 23.5 Å². The molecule has 0 aliphatic rings. The fourth-order valence-corrected chi connectivity index (χ4v) is 3.14. The summed E-state index contributed by atoms with van der Waals surface area (Å²) in [5.74, 6) is -0.850. The predicted molar refractivity (Wildman–Crippen MR) is 82.5 cm³/mol. The van der Waals surface area contributed by atoms with E-state index in [2.05, 4.69) is 31.0 Å². The number of hydrogen-bond donors (Lipinski definition) is 1. The Bertz CT molecular complexity index is 592. The fourth-order valence-electron chi connectivity index (χ4n) is 2.17. The van der Waals surface area contributed by atoms with Gasteiger partial charge in [-0.25, -0.2) is 4.79 Å². The molecule has 1 aromatic carbocycles. The number of carboxylic acid groups (broad SMARTS) is 1. The third-order valence-electron chi connectivity index (χ3n) is 3.23. The van der Waals surface area contributed by atoms with Crippen molar-refractivity contribution in [3.63, 3.8) is 0 Å². The molecule has 2 aromatic rings. The molecular weight excluding hydrogens is 270 g/mol. The van der Waals surface area contributed by atoms with Gasteiger partial charge >= 0.3 is 5.97 Å². The van der Waals surface area contributed by atoms with Crippen LogP contribution in [-0.2, 0) is 13.0 Å². The van der Waals surface area contributed by atoms with Crippen molar-refractivity contribution in [3.8, 4) is 0 Å². The van der Waals surface area contributed by atoms with Crippen LogP contribution >= 0.6 is 11.3 Å². The Labute approximate surface area is 123 Å². The van der Waals surface area contributed by atoms with Gasteiger partial charge in [0.2, 0.25) is 0 Å². The van der Waals surface area contributed by atoms with Gasteiger partial charge in [-0.05, 0) is 44.2 Å². The summed E-state index contributed by atoms with van der Waals surface area (Å²) >= 11 is 1.81. The zero-order valence-corrected chi connectivity index (χ0v) is 12.6. The van der Waals surface area contributed by atoms with E-state index in [9.17, 15) is 4.79 Å². The third kappa shape index (κ3) is 3.92. The van der Waals surface area contributed by atoms with Crippen molar-refractivity contribution in [2.24, 2.45) is 0 Å². The highest BCUT2D eigenvalue weighted by atomic mass is 32.1. The van der Waals surface area contributed by atoms with Gasteiger partial charge in [0.1, 0.15) is 0 Å². The van der Waals surface area contributed by atoms with Gasteiger partial charge in [-0.3, -0.25) is 0 Å². The summed E-state index contributed by atoms with van der Waals surface area (Å²) in [6, 6.07) is 11.5. The summed E-state index contributed by atoms with van der Waals surface area (Å²) in [7, 11) is 2.07. The smallest absolute Gasteiger partial charge is 0.335 e. The minimum Gasteiger partial charge on any atom is -0.478 e. The van der Waals surface area contributed by atoms with Gasteiger partial charge in [-0.15, -0.1) is 11.3 Å². The highest BCUT2D eigenvalue weighted by Crippen LogP contribution is 2.17. The molecule has 20 heavy (non-hydrogen) atoms. The molecule has 0 radical (unpaired) electrons. The van der Waals surface area contributed by atoms with Crippen molar-refractivity contribution in [2.75, 3.05) is 13.6 Å². The lowest BCUT2D eigenvalue weighted by Crippen LogP contribution is -2.21. The first-order valence-corrected chi connectivity index (χ1v) is 7.43. The van der Waals surface area contributed by atoms with Gasteiger partial charge in [0.05, 0.1) is 5.56 Å². The molecule has 2 rings (SSSR count). The number of carbonyl (C=O) groups is 1. The lowest BCUT2D eigenvalue weighted by molar-refractivity contribution is 0.0695. The number of rotatable bonds is 6. The lowest BCUT2D eigenvalue weighted by Gasteiger charge is -2.16. The highest BCUT2D eigenvalue weighted by molar-refractivity contribution is 7.11. The lowest BCUT2D eigenvalue weighted by atomic mass is 10.0. The number of benzene rings is 1. The number of aromatic carboxylic acids is 1. The van der Waals surface area contributed by atoms with Crippen LogP contribution in [0.5, 0.6) is 0 Å². The molecule has 1 aromatic heterocycles. The first-order chi connectivity index (χ1) is 9.56. The molecule has 0 aliphatic heterocycles. The molecule has 1 heterocycles. The van der Waals surface area contributed by atoms with Crippen molar-refractivity contribution in [1.82, 2.24) is 4.90 Å². The quantitative estimate of drug-likeness (QED) is 0.885. The molecule has 0 spiro atoms. The second kappa shape index (κ2) is 6.68. The molecule has 0 aliphatic carbocycles. The summed E-state index contributed by atoms with van der Waals surface area (Å²) in [6.45, 7) is 3.87. The Morgan fingerprint density at radius 3 is 2.65 bits per heavy atom. The van der Waals surface area contributed by atoms with Gasteiger partial charge < -0.3 is 10.0 Å². The first kappa shape index (κ1) is 14.8. The van der Waals surface area contributed by atoms with Crippen molar-refractivity contribution in [1.29, 1.82) is 0 Å². The summed E-state index contributed by atoms with van der Waals surface area (Å²) in [6.07, 6.45) is 0.753. The maximum Gasteiger partial charge on any atom is 0.335 e. The second-order valence-electron chi connectivity index (χ2n) is 4.96. The largest absolute Gasteiger partial charge is 0.478 e. The Kier molecular flexibility index (Phi) is 4.93. The minimum absolute atomic E-state index is 0.410. The topological polar surface area (TPSA) is 40.5 Å². The number of aryl methyl sites for hydroxylation is 1. The Morgan fingerprint density at radius 1 is 1.25 bits per heavy atom. The fraction of sp³-hybridized carbons (Fsp3) is 0.312. The van der Waals surface area contributed by atoms with E-state index in [-0.39, 0.29) is 0 Å². The van der Waals surface area contributed by atoms with Gasteiger partial charge in [-0.1, -0.05) is 18.2 Å². The molecular formula is C16H19NO2S. The average Bonchev–Trinajstić information content (AvgIpc) is 2.82. The van der Waals surface area contributed by atoms with Gasteiger partial charge in [-0.2, -0.15) is 0 Å². The SMILES string of the molecule is Cc1ccc(CN(C)CCc2ccccc2C(=O)O)s1. The molecule has 4 heteroatoms. The maximum absolute atomic E-state index is 11.1. The van der Waals surface area contributed by atoms with Gasteiger partial charge in [0.15, 0.2) is 0 Å². The van der Waals surface area contributed by atoms with Gasteiger partial charge in [0, 0.05) is 22.8 Å². The number of nitrogens with zero attached hydrogens (tertiary/aromatic N) is 1. The predicted octanol–water partition coefficient (Wildman–Crippen LogP) is 3.43. The van der Waals surface area contributed by atoms with Crippen LogP contribution in [0.25, 0.3) is 0 Å². The summed E-state index contributed by atoms with van der Waals surface area (Å²) in [4.78, 5) is 16.0. The van der Waals surface area contributed by atoms with E-state index >= 15 is 0 Å². The number of likely N-dealkylation sites (N-methyl/N-ethyl adjacent to an activating group) is 1. The Hall–Kier alpha value is -1.65. The summed E-state index contributed by atoms with van der Waals surface area (Å²) in [5, 5.41) is 9.16. The first-order valence-electron chi connectivity index (χ1n) is 6.61. The Morgan fingerprint density at radius 2 is 2.00 bits per heavy atom. The van der Waals surface area contributed by atoms with E-state index < -0.39 is 5.97 Å². The molecule has 1 N–H and O–H groups in total. The second-order valence-corrected chi connectivity index (χ2v) is 6.33. The van der Waals surface area contributed by atoms with Crippen LogP contribution < -0.4 is 0 Å². The molecule has 0 amide bonds. The van der Waals surface area contributed by atoms with E-state index in [0.29, 0.717) is 5.56 Å². The van der Waals surface area contributed by atoms with E-state index in [1.165, 1.54) is 9.75 Å². The zero-order chi connectivity index (χ0) is 14.5. The summed E-state index contributed by atoms with van der Waals surface area (Å²) < 4.78 is 0. The molecule has 0 saturated heterocycles. The van der Waals surface area contributed by atoms with Crippen LogP contribution in [0, 0.1) is 6.92 Å². The van der Waals surface area contributed by atoms with Crippen LogP contribution in [0.15, 0.2) is 36.4 Å². The van der Waals surface area contributed by atoms with Crippen molar-refractivity contribution >= 4 is 17.3 Å². The maximum atomic E-state index is 11.1. The molecule has 0 saturated carbocycles. The minimum atomic E-state index is -0.850. The number of carboxylic acids is 1. The van der Waals surface area contributed by atoms with E-state index in [4.69, 9.17) is 5.11 Å². The summed E-state index contributed by atoms with van der Waals surface area (Å²) in [5.41, 5.74) is 1.31. The van der Waals surface area contributed by atoms with Crippen LogP contribution in [0.1, 0.15) is 25.7 Å². The number of hydrogen-bond acceptors (Lipinski definition) is 3. The standard InChI is InChI=1S/C16H19NO2S/c1-12-7-8-14(20-12)11-17(2)10-9-13-5-3-4-6-15(13)16(18)19/h3-8H,9-11H2,1-2H3,(H,18,19). The molecule has 0 fully saturated rings. The average molecular weight is 289 g/mol.